The van der Waals surface area contributed by atoms with Crippen molar-refractivity contribution in [1.82, 2.24) is 4.31 Å². The molecule has 1 saturated carbocycles. The third kappa shape index (κ3) is 3.75. The van der Waals surface area contributed by atoms with Crippen LogP contribution in [-0.2, 0) is 14.8 Å². The van der Waals surface area contributed by atoms with Crippen molar-refractivity contribution in [3.63, 3.8) is 0 Å². The van der Waals surface area contributed by atoms with Crippen molar-refractivity contribution in [2.75, 3.05) is 18.4 Å². The second kappa shape index (κ2) is 7.01. The minimum absolute atomic E-state index is 0.0143. The van der Waals surface area contributed by atoms with Crippen molar-refractivity contribution in [1.29, 1.82) is 0 Å². The van der Waals surface area contributed by atoms with E-state index in [1.54, 1.807) is 24.3 Å². The van der Waals surface area contributed by atoms with Gasteiger partial charge in [0.1, 0.15) is 0 Å². The predicted molar refractivity (Wildman–Crippen MR) is 89.6 cm³/mol. The molecule has 2 fully saturated rings. The average molecular weight is 336 g/mol. The zero-order valence-corrected chi connectivity index (χ0v) is 14.1. The van der Waals surface area contributed by atoms with Crippen LogP contribution < -0.4 is 5.32 Å². The maximum absolute atomic E-state index is 12.6. The van der Waals surface area contributed by atoms with Crippen molar-refractivity contribution < 1.29 is 13.2 Å². The molecule has 6 heteroatoms. The van der Waals surface area contributed by atoms with Crippen LogP contribution in [0.15, 0.2) is 29.2 Å². The third-order valence-corrected chi connectivity index (χ3v) is 6.67. The summed E-state index contributed by atoms with van der Waals surface area (Å²) < 4.78 is 26.7. The standard InChI is InChI=1S/C17H24N2O3S/c20-17(14-7-2-1-3-8-14)18-15-9-6-10-16(13-15)23(21,22)19-11-4-5-12-19/h6,9-10,13-14H,1-5,7-8,11-12H2,(H,18,20). The van der Waals surface area contributed by atoms with Gasteiger partial charge in [-0.3, -0.25) is 4.79 Å². The molecule has 0 atom stereocenters. The quantitative estimate of drug-likeness (QED) is 0.919. The van der Waals surface area contributed by atoms with Crippen molar-refractivity contribution in [2.45, 2.75) is 49.8 Å². The summed E-state index contributed by atoms with van der Waals surface area (Å²) in [6.07, 6.45) is 7.08. The van der Waals surface area contributed by atoms with Crippen molar-refractivity contribution >= 4 is 21.6 Å². The van der Waals surface area contributed by atoms with E-state index in [1.165, 1.54) is 10.7 Å². The van der Waals surface area contributed by atoms with Gasteiger partial charge in [-0.25, -0.2) is 8.42 Å². The molecule has 126 valence electrons. The average Bonchev–Trinajstić information content (AvgIpc) is 3.11. The Kier molecular flexibility index (Phi) is 5.02. The Hall–Kier alpha value is -1.40. The molecule has 1 saturated heterocycles. The Labute approximate surface area is 138 Å². The van der Waals surface area contributed by atoms with Gasteiger partial charge < -0.3 is 5.32 Å². The first kappa shape index (κ1) is 16.5. The highest BCUT2D eigenvalue weighted by atomic mass is 32.2. The smallest absolute Gasteiger partial charge is 0.243 e. The number of nitrogens with zero attached hydrogens (tertiary/aromatic N) is 1. The van der Waals surface area contributed by atoms with E-state index in [1.807, 2.05) is 0 Å². The van der Waals surface area contributed by atoms with E-state index in [0.29, 0.717) is 18.8 Å². The predicted octanol–water partition coefficient (Wildman–Crippen LogP) is 2.99. The van der Waals surface area contributed by atoms with Crippen LogP contribution in [0.5, 0.6) is 0 Å². The van der Waals surface area contributed by atoms with Gasteiger partial charge in [0.2, 0.25) is 15.9 Å². The molecular weight excluding hydrogens is 312 g/mol. The van der Waals surface area contributed by atoms with Crippen LogP contribution in [0.3, 0.4) is 0 Å². The zero-order chi connectivity index (χ0) is 16.3. The molecule has 1 aromatic carbocycles. The fraction of sp³-hybridized carbons (Fsp3) is 0.588. The van der Waals surface area contributed by atoms with E-state index in [9.17, 15) is 13.2 Å². The van der Waals surface area contributed by atoms with Crippen LogP contribution in [-0.4, -0.2) is 31.7 Å². The van der Waals surface area contributed by atoms with Gasteiger partial charge in [-0.2, -0.15) is 4.31 Å². The van der Waals surface area contributed by atoms with Gasteiger partial charge in [0.25, 0.3) is 0 Å². The fourth-order valence-electron chi connectivity index (χ4n) is 3.42. The molecule has 1 amide bonds. The van der Waals surface area contributed by atoms with Crippen LogP contribution in [0.1, 0.15) is 44.9 Å². The Morgan fingerprint density at radius 1 is 1.04 bits per heavy atom. The van der Waals surface area contributed by atoms with Crippen LogP contribution >= 0.6 is 0 Å². The summed E-state index contributed by atoms with van der Waals surface area (Å²) >= 11 is 0. The molecule has 0 radical (unpaired) electrons. The summed E-state index contributed by atoms with van der Waals surface area (Å²) in [7, 11) is -3.44. The highest BCUT2D eigenvalue weighted by Crippen LogP contribution is 2.26. The van der Waals surface area contributed by atoms with Crippen molar-refractivity contribution in [3.05, 3.63) is 24.3 Å². The second-order valence-electron chi connectivity index (χ2n) is 6.46. The fourth-order valence-corrected chi connectivity index (χ4v) is 4.98. The highest BCUT2D eigenvalue weighted by Gasteiger charge is 2.27. The number of carbonyl (C=O) groups excluding carboxylic acids is 1. The van der Waals surface area contributed by atoms with Gasteiger partial charge in [-0.05, 0) is 43.9 Å². The topological polar surface area (TPSA) is 66.5 Å². The van der Waals surface area contributed by atoms with E-state index in [2.05, 4.69) is 5.32 Å². The Bertz CT molecular complexity index is 660. The highest BCUT2D eigenvalue weighted by molar-refractivity contribution is 7.89. The van der Waals surface area contributed by atoms with E-state index >= 15 is 0 Å². The molecule has 0 bridgehead atoms. The summed E-state index contributed by atoms with van der Waals surface area (Å²) in [4.78, 5) is 12.6. The number of nitrogens with one attached hydrogen (secondary N) is 1. The Morgan fingerprint density at radius 2 is 1.74 bits per heavy atom. The summed E-state index contributed by atoms with van der Waals surface area (Å²) in [5, 5.41) is 2.89. The molecule has 2 aliphatic rings. The van der Waals surface area contributed by atoms with Crippen LogP contribution in [0.4, 0.5) is 5.69 Å². The third-order valence-electron chi connectivity index (χ3n) is 4.78. The number of rotatable bonds is 4. The monoisotopic (exact) mass is 336 g/mol. The van der Waals surface area contributed by atoms with Gasteiger partial charge >= 0.3 is 0 Å². The van der Waals surface area contributed by atoms with E-state index < -0.39 is 10.0 Å². The lowest BCUT2D eigenvalue weighted by molar-refractivity contribution is -0.120. The van der Waals surface area contributed by atoms with Crippen LogP contribution in [0, 0.1) is 5.92 Å². The summed E-state index contributed by atoms with van der Waals surface area (Å²) in [6, 6.07) is 6.63. The van der Waals surface area contributed by atoms with Gasteiger partial charge in [0.15, 0.2) is 0 Å². The minimum Gasteiger partial charge on any atom is -0.326 e. The molecule has 0 spiro atoms. The first-order chi connectivity index (χ1) is 11.1. The first-order valence-corrected chi connectivity index (χ1v) is 9.92. The SMILES string of the molecule is O=C(Nc1cccc(S(=O)(=O)N2CCCC2)c1)C1CCCCC1. The largest absolute Gasteiger partial charge is 0.326 e. The second-order valence-corrected chi connectivity index (χ2v) is 8.40. The maximum Gasteiger partial charge on any atom is 0.243 e. The number of sulfonamides is 1. The van der Waals surface area contributed by atoms with E-state index in [4.69, 9.17) is 0 Å². The lowest BCUT2D eigenvalue weighted by Gasteiger charge is -2.21. The Balaban J connectivity index is 1.73. The lowest BCUT2D eigenvalue weighted by Crippen LogP contribution is -2.28. The number of carbonyl (C=O) groups is 1. The lowest BCUT2D eigenvalue weighted by atomic mass is 9.88. The summed E-state index contributed by atoms with van der Waals surface area (Å²) in [6.45, 7) is 1.17. The Morgan fingerprint density at radius 3 is 2.43 bits per heavy atom. The van der Waals surface area contributed by atoms with E-state index in [0.717, 1.165) is 38.5 Å². The summed E-state index contributed by atoms with van der Waals surface area (Å²) in [5.41, 5.74) is 0.570. The van der Waals surface area contributed by atoms with Gasteiger partial charge in [-0.1, -0.05) is 25.3 Å². The molecule has 1 aliphatic carbocycles. The molecule has 1 heterocycles. The van der Waals surface area contributed by atoms with E-state index in [-0.39, 0.29) is 16.7 Å². The number of anilines is 1. The van der Waals surface area contributed by atoms with Crippen molar-refractivity contribution in [3.8, 4) is 0 Å². The van der Waals surface area contributed by atoms with Gasteiger partial charge in [-0.15, -0.1) is 0 Å². The molecular formula is C17H24N2O3S. The number of benzene rings is 1. The van der Waals surface area contributed by atoms with Gasteiger partial charge in [0, 0.05) is 24.7 Å². The minimum atomic E-state index is -3.44. The van der Waals surface area contributed by atoms with Crippen molar-refractivity contribution in [2.24, 2.45) is 5.92 Å². The molecule has 5 nitrogen and oxygen atoms in total. The van der Waals surface area contributed by atoms with Gasteiger partial charge in [0.05, 0.1) is 4.90 Å². The number of hydrogen-bond acceptors (Lipinski definition) is 3. The molecule has 1 aliphatic heterocycles. The zero-order valence-electron chi connectivity index (χ0n) is 13.3. The number of amides is 1. The normalized spacial score (nSPS) is 20.5. The molecule has 23 heavy (non-hydrogen) atoms. The molecule has 0 aromatic heterocycles. The molecule has 0 unspecified atom stereocenters. The number of hydrogen-bond donors (Lipinski definition) is 1. The maximum atomic E-state index is 12.6. The molecule has 1 N–H and O–H groups in total. The summed E-state index contributed by atoms with van der Waals surface area (Å²) in [5.74, 6) is 0.0722. The van der Waals surface area contributed by atoms with Crippen LogP contribution in [0.25, 0.3) is 0 Å². The molecule has 3 rings (SSSR count). The molecule has 1 aromatic rings. The first-order valence-electron chi connectivity index (χ1n) is 8.48. The van der Waals surface area contributed by atoms with Crippen LogP contribution in [0.2, 0.25) is 0 Å².